The molecule has 0 bridgehead atoms. The van der Waals surface area contributed by atoms with E-state index in [4.69, 9.17) is 14.0 Å². The minimum absolute atomic E-state index is 0.0509. The van der Waals surface area contributed by atoms with Crippen molar-refractivity contribution in [1.29, 1.82) is 0 Å². The van der Waals surface area contributed by atoms with E-state index in [1.165, 1.54) is 6.42 Å². The molecule has 2 fully saturated rings. The fraction of sp³-hybridized carbons (Fsp3) is 0.800. The third-order valence-electron chi connectivity index (χ3n) is 4.86. The predicted octanol–water partition coefficient (Wildman–Crippen LogP) is 2.19. The third kappa shape index (κ3) is 2.65. The van der Waals surface area contributed by atoms with E-state index >= 15 is 0 Å². The second kappa shape index (κ2) is 5.11. The molecule has 21 heavy (non-hydrogen) atoms. The van der Waals surface area contributed by atoms with Crippen LogP contribution in [-0.4, -0.2) is 34.7 Å². The van der Waals surface area contributed by atoms with Gasteiger partial charge in [-0.25, -0.2) is 4.68 Å². The average molecular weight is 292 g/mol. The van der Waals surface area contributed by atoms with Crippen molar-refractivity contribution in [2.24, 2.45) is 0 Å². The maximum Gasteiger partial charge on any atom is 0.516 e. The maximum atomic E-state index is 6.07. The summed E-state index contributed by atoms with van der Waals surface area (Å²) < 4.78 is 19.9. The van der Waals surface area contributed by atoms with Gasteiger partial charge >= 0.3 is 7.12 Å². The lowest BCUT2D eigenvalue weighted by Crippen LogP contribution is -2.41. The Balaban J connectivity index is 1.81. The highest BCUT2D eigenvalue weighted by molar-refractivity contribution is 6.61. The Bertz CT molecular complexity index is 505. The molecular weight excluding hydrogens is 267 g/mol. The average Bonchev–Trinajstić information content (AvgIpc) is 2.89. The van der Waals surface area contributed by atoms with Crippen LogP contribution in [0.15, 0.2) is 6.07 Å². The summed E-state index contributed by atoms with van der Waals surface area (Å²) in [5.74, 6) is 0. The van der Waals surface area contributed by atoms with Crippen LogP contribution < -0.4 is 5.59 Å². The number of hydrogen-bond acceptors (Lipinski definition) is 4. The topological polar surface area (TPSA) is 45.5 Å². The zero-order chi connectivity index (χ0) is 15.3. The van der Waals surface area contributed by atoms with Crippen LogP contribution in [0.5, 0.6) is 0 Å². The molecule has 0 spiro atoms. The molecule has 0 aliphatic carbocycles. The van der Waals surface area contributed by atoms with E-state index < -0.39 is 7.12 Å². The Labute approximate surface area is 127 Å². The van der Waals surface area contributed by atoms with Crippen molar-refractivity contribution in [3.63, 3.8) is 0 Å². The van der Waals surface area contributed by atoms with Gasteiger partial charge < -0.3 is 14.0 Å². The molecule has 3 rings (SSSR count). The van der Waals surface area contributed by atoms with Crippen molar-refractivity contribution in [3.05, 3.63) is 11.8 Å². The molecule has 0 radical (unpaired) electrons. The first-order valence-corrected chi connectivity index (χ1v) is 7.83. The van der Waals surface area contributed by atoms with Crippen LogP contribution in [0.4, 0.5) is 0 Å². The van der Waals surface area contributed by atoms with Gasteiger partial charge in [-0.3, -0.25) is 0 Å². The van der Waals surface area contributed by atoms with Gasteiger partial charge in [-0.15, -0.1) is 0 Å². The largest absolute Gasteiger partial charge is 0.516 e. The SMILES string of the molecule is Cc1cc(B2OC(C)(C)C(C)(C)O2)nn1[C@@H]1CCCCO1. The van der Waals surface area contributed by atoms with Crippen LogP contribution in [0.25, 0.3) is 0 Å². The van der Waals surface area contributed by atoms with Crippen molar-refractivity contribution in [3.8, 4) is 0 Å². The van der Waals surface area contributed by atoms with Crippen LogP contribution in [0.3, 0.4) is 0 Å². The zero-order valence-electron chi connectivity index (χ0n) is 13.7. The summed E-state index contributed by atoms with van der Waals surface area (Å²) in [7, 11) is -0.404. The lowest BCUT2D eigenvalue weighted by molar-refractivity contribution is -0.0404. The zero-order valence-corrected chi connectivity index (χ0v) is 13.7. The molecule has 0 saturated carbocycles. The highest BCUT2D eigenvalue weighted by atomic mass is 16.7. The molecule has 0 aromatic carbocycles. The van der Waals surface area contributed by atoms with Gasteiger partial charge in [-0.2, -0.15) is 5.10 Å². The molecule has 3 heterocycles. The highest BCUT2D eigenvalue weighted by Gasteiger charge is 2.52. The Morgan fingerprint density at radius 1 is 1.19 bits per heavy atom. The van der Waals surface area contributed by atoms with Crippen LogP contribution in [-0.2, 0) is 14.0 Å². The summed E-state index contributed by atoms with van der Waals surface area (Å²) in [6.07, 6.45) is 3.40. The first-order chi connectivity index (χ1) is 9.80. The standard InChI is InChI=1S/C15H25BN2O3/c1-11-10-12(16-20-14(2,3)15(4,5)21-16)17-18(11)13-8-6-7-9-19-13/h10,13H,6-9H2,1-5H3/t13-/m0/s1. The van der Waals surface area contributed by atoms with E-state index in [1.807, 2.05) is 10.7 Å². The highest BCUT2D eigenvalue weighted by Crippen LogP contribution is 2.36. The van der Waals surface area contributed by atoms with Crippen molar-refractivity contribution >= 4 is 12.7 Å². The lowest BCUT2D eigenvalue weighted by atomic mass is 9.85. The molecular formula is C15H25BN2O3. The van der Waals surface area contributed by atoms with Crippen LogP contribution >= 0.6 is 0 Å². The minimum atomic E-state index is -0.404. The molecule has 6 heteroatoms. The van der Waals surface area contributed by atoms with Crippen molar-refractivity contribution in [2.45, 2.75) is 71.3 Å². The number of ether oxygens (including phenoxy) is 1. The van der Waals surface area contributed by atoms with Gasteiger partial charge in [0.1, 0.15) is 6.23 Å². The summed E-state index contributed by atoms with van der Waals surface area (Å²) in [5, 5.41) is 4.69. The predicted molar refractivity (Wildman–Crippen MR) is 81.5 cm³/mol. The molecule has 0 N–H and O–H groups in total. The maximum absolute atomic E-state index is 6.07. The molecule has 5 nitrogen and oxygen atoms in total. The number of aromatic nitrogens is 2. The number of aryl methyl sites for hydroxylation is 1. The van der Waals surface area contributed by atoms with Crippen molar-refractivity contribution in [2.75, 3.05) is 6.61 Å². The fourth-order valence-corrected chi connectivity index (χ4v) is 2.80. The Morgan fingerprint density at radius 2 is 1.86 bits per heavy atom. The van der Waals surface area contributed by atoms with Gasteiger partial charge in [-0.05, 0) is 59.9 Å². The van der Waals surface area contributed by atoms with Gasteiger partial charge in [0.2, 0.25) is 0 Å². The first kappa shape index (κ1) is 15.1. The Hall–Kier alpha value is -0.845. The molecule has 1 atom stereocenters. The van der Waals surface area contributed by atoms with Gasteiger partial charge in [0, 0.05) is 12.3 Å². The second-order valence-corrected chi connectivity index (χ2v) is 7.06. The van der Waals surface area contributed by atoms with E-state index in [1.54, 1.807) is 0 Å². The quantitative estimate of drug-likeness (QED) is 0.784. The second-order valence-electron chi connectivity index (χ2n) is 7.06. The summed E-state index contributed by atoms with van der Waals surface area (Å²) in [4.78, 5) is 0. The van der Waals surface area contributed by atoms with E-state index in [-0.39, 0.29) is 17.4 Å². The lowest BCUT2D eigenvalue weighted by Gasteiger charge is -2.32. The Morgan fingerprint density at radius 3 is 2.43 bits per heavy atom. The first-order valence-electron chi connectivity index (χ1n) is 7.83. The van der Waals surface area contributed by atoms with Crippen molar-refractivity contribution in [1.82, 2.24) is 9.78 Å². The van der Waals surface area contributed by atoms with Gasteiger partial charge in [-0.1, -0.05) is 0 Å². The number of rotatable bonds is 2. The van der Waals surface area contributed by atoms with Crippen LogP contribution in [0.1, 0.15) is 58.9 Å². The monoisotopic (exact) mass is 292 g/mol. The third-order valence-corrected chi connectivity index (χ3v) is 4.86. The van der Waals surface area contributed by atoms with E-state index in [9.17, 15) is 0 Å². The summed E-state index contributed by atoms with van der Waals surface area (Å²) >= 11 is 0. The molecule has 1 aromatic rings. The number of nitrogens with zero attached hydrogens (tertiary/aromatic N) is 2. The molecule has 0 unspecified atom stereocenters. The van der Waals surface area contributed by atoms with Gasteiger partial charge in [0.15, 0.2) is 0 Å². The molecule has 2 aliphatic heterocycles. The smallest absolute Gasteiger partial charge is 0.398 e. The molecule has 116 valence electrons. The minimum Gasteiger partial charge on any atom is -0.398 e. The van der Waals surface area contributed by atoms with Gasteiger partial charge in [0.25, 0.3) is 0 Å². The van der Waals surface area contributed by atoms with Gasteiger partial charge in [0.05, 0.1) is 16.8 Å². The summed E-state index contributed by atoms with van der Waals surface area (Å²) in [6, 6.07) is 2.04. The molecule has 2 saturated heterocycles. The van der Waals surface area contributed by atoms with E-state index in [0.717, 1.165) is 30.7 Å². The molecule has 2 aliphatic rings. The summed E-state index contributed by atoms with van der Waals surface area (Å²) in [6.45, 7) is 11.1. The van der Waals surface area contributed by atoms with Crippen LogP contribution in [0.2, 0.25) is 0 Å². The fourth-order valence-electron chi connectivity index (χ4n) is 2.80. The van der Waals surface area contributed by atoms with Crippen molar-refractivity contribution < 1.29 is 14.0 Å². The van der Waals surface area contributed by atoms with E-state index in [0.29, 0.717) is 0 Å². The van der Waals surface area contributed by atoms with Crippen LogP contribution in [0, 0.1) is 6.92 Å². The normalized spacial score (nSPS) is 28.0. The molecule has 0 amide bonds. The summed E-state index contributed by atoms with van der Waals surface area (Å²) in [5.41, 5.74) is 1.25. The molecule has 1 aromatic heterocycles. The Kier molecular flexibility index (Phi) is 3.67. The number of hydrogen-bond donors (Lipinski definition) is 0. The van der Waals surface area contributed by atoms with E-state index in [2.05, 4.69) is 39.7 Å².